The van der Waals surface area contributed by atoms with Crippen LogP contribution in [-0.2, 0) is 7.05 Å². The van der Waals surface area contributed by atoms with E-state index in [-0.39, 0.29) is 5.56 Å². The summed E-state index contributed by atoms with van der Waals surface area (Å²) in [5.41, 5.74) is 1.82. The molecule has 0 unspecified atom stereocenters. The minimum atomic E-state index is -0.815. The Morgan fingerprint density at radius 3 is 2.65 bits per heavy atom. The van der Waals surface area contributed by atoms with Gasteiger partial charge >= 0.3 is 0 Å². The van der Waals surface area contributed by atoms with Crippen LogP contribution >= 0.6 is 11.6 Å². The van der Waals surface area contributed by atoms with Gasteiger partial charge in [-0.25, -0.2) is 4.39 Å². The van der Waals surface area contributed by atoms with Crippen LogP contribution in [0.1, 0.15) is 16.1 Å². The second-order valence-electron chi connectivity index (χ2n) is 3.62. The second-order valence-corrected chi connectivity index (χ2v) is 3.96. The molecule has 0 saturated heterocycles. The van der Waals surface area contributed by atoms with Gasteiger partial charge in [0, 0.05) is 12.6 Å². The van der Waals surface area contributed by atoms with Crippen molar-refractivity contribution in [3.8, 4) is 11.3 Å². The van der Waals surface area contributed by atoms with E-state index in [4.69, 9.17) is 11.6 Å². The fraction of sp³-hybridized carbons (Fsp3) is 0.182. The molecule has 0 aliphatic heterocycles. The van der Waals surface area contributed by atoms with E-state index in [1.54, 1.807) is 17.8 Å². The zero-order chi connectivity index (χ0) is 12.6. The standard InChI is InChI=1S/C11H9ClFN3O/c1-6-10(14-15-16(6)2)7-3-4-8(11(12)17)9(13)5-7/h3-5H,1-2H3. The van der Waals surface area contributed by atoms with E-state index in [1.165, 1.54) is 12.1 Å². The monoisotopic (exact) mass is 253 g/mol. The van der Waals surface area contributed by atoms with Crippen molar-refractivity contribution in [3.05, 3.63) is 35.3 Å². The molecule has 0 spiro atoms. The molecule has 88 valence electrons. The highest BCUT2D eigenvalue weighted by molar-refractivity contribution is 6.67. The Morgan fingerprint density at radius 1 is 1.47 bits per heavy atom. The van der Waals surface area contributed by atoms with Gasteiger partial charge in [-0.15, -0.1) is 5.10 Å². The highest BCUT2D eigenvalue weighted by atomic mass is 35.5. The van der Waals surface area contributed by atoms with E-state index < -0.39 is 11.1 Å². The van der Waals surface area contributed by atoms with E-state index in [1.807, 2.05) is 6.92 Å². The van der Waals surface area contributed by atoms with Gasteiger partial charge in [0.1, 0.15) is 11.5 Å². The summed E-state index contributed by atoms with van der Waals surface area (Å²) in [4.78, 5) is 10.9. The SMILES string of the molecule is Cc1c(-c2ccc(C(=O)Cl)c(F)c2)nnn1C. The predicted octanol–water partition coefficient (Wildman–Crippen LogP) is 2.31. The lowest BCUT2D eigenvalue weighted by molar-refractivity contribution is 0.107. The smallest absolute Gasteiger partial charge is 0.255 e. The molecule has 17 heavy (non-hydrogen) atoms. The van der Waals surface area contributed by atoms with E-state index in [0.29, 0.717) is 11.3 Å². The Labute approximate surface area is 102 Å². The maximum Gasteiger partial charge on any atom is 0.255 e. The lowest BCUT2D eigenvalue weighted by Crippen LogP contribution is -1.95. The van der Waals surface area contributed by atoms with E-state index >= 15 is 0 Å². The molecule has 0 N–H and O–H groups in total. The first-order chi connectivity index (χ1) is 8.00. The van der Waals surface area contributed by atoms with Crippen molar-refractivity contribution in [2.45, 2.75) is 6.92 Å². The minimum Gasteiger partial charge on any atom is -0.275 e. The van der Waals surface area contributed by atoms with Crippen LogP contribution in [0.2, 0.25) is 0 Å². The molecule has 1 aromatic carbocycles. The molecule has 0 atom stereocenters. The molecule has 2 rings (SSSR count). The number of aromatic nitrogens is 3. The van der Waals surface area contributed by atoms with Gasteiger partial charge in [-0.3, -0.25) is 9.48 Å². The van der Waals surface area contributed by atoms with Gasteiger partial charge < -0.3 is 0 Å². The quantitative estimate of drug-likeness (QED) is 0.772. The third-order valence-electron chi connectivity index (χ3n) is 2.56. The molecule has 6 heteroatoms. The number of hydrogen-bond acceptors (Lipinski definition) is 3. The third kappa shape index (κ3) is 2.06. The van der Waals surface area contributed by atoms with Gasteiger partial charge in [0.15, 0.2) is 0 Å². The lowest BCUT2D eigenvalue weighted by atomic mass is 10.1. The van der Waals surface area contributed by atoms with Crippen LogP contribution in [0.25, 0.3) is 11.3 Å². The van der Waals surface area contributed by atoms with Crippen molar-refractivity contribution < 1.29 is 9.18 Å². The van der Waals surface area contributed by atoms with Crippen molar-refractivity contribution in [1.29, 1.82) is 0 Å². The zero-order valence-corrected chi connectivity index (χ0v) is 9.99. The minimum absolute atomic E-state index is 0.142. The molecule has 0 fully saturated rings. The summed E-state index contributed by atoms with van der Waals surface area (Å²) in [6, 6.07) is 4.16. The molecular formula is C11H9ClFN3O. The number of nitrogens with zero attached hydrogens (tertiary/aromatic N) is 3. The highest BCUT2D eigenvalue weighted by Gasteiger charge is 2.13. The Hall–Kier alpha value is -1.75. The van der Waals surface area contributed by atoms with Crippen LogP contribution in [-0.4, -0.2) is 20.2 Å². The normalized spacial score (nSPS) is 10.6. The molecule has 0 aliphatic rings. The second kappa shape index (κ2) is 4.25. The van der Waals surface area contributed by atoms with Crippen molar-refractivity contribution in [1.82, 2.24) is 15.0 Å². The Balaban J connectivity index is 2.52. The van der Waals surface area contributed by atoms with Gasteiger partial charge in [-0.05, 0) is 30.7 Å². The van der Waals surface area contributed by atoms with Gasteiger partial charge in [0.2, 0.25) is 0 Å². The summed E-state index contributed by atoms with van der Waals surface area (Å²) in [6.07, 6.45) is 0. The summed E-state index contributed by atoms with van der Waals surface area (Å²) < 4.78 is 15.2. The summed E-state index contributed by atoms with van der Waals surface area (Å²) >= 11 is 5.23. The molecule has 0 amide bonds. The number of carbonyl (C=O) groups is 1. The molecule has 2 aromatic rings. The molecule has 1 aromatic heterocycles. The summed E-state index contributed by atoms with van der Waals surface area (Å²) in [6.45, 7) is 1.83. The summed E-state index contributed by atoms with van der Waals surface area (Å²) in [5.74, 6) is -0.660. The third-order valence-corrected chi connectivity index (χ3v) is 2.76. The Bertz CT molecular complexity index is 594. The molecule has 4 nitrogen and oxygen atoms in total. The van der Waals surface area contributed by atoms with Crippen LogP contribution in [0.4, 0.5) is 4.39 Å². The number of rotatable bonds is 2. The van der Waals surface area contributed by atoms with Crippen LogP contribution < -0.4 is 0 Å². The van der Waals surface area contributed by atoms with Gasteiger partial charge in [0.05, 0.1) is 11.3 Å². The summed E-state index contributed by atoms with van der Waals surface area (Å²) in [7, 11) is 1.75. The maximum atomic E-state index is 13.6. The van der Waals surface area contributed by atoms with Crippen molar-refractivity contribution in [2.24, 2.45) is 7.05 Å². The Kier molecular flexibility index (Phi) is 2.93. The number of benzene rings is 1. The fourth-order valence-corrected chi connectivity index (χ4v) is 1.65. The van der Waals surface area contributed by atoms with Crippen LogP contribution in [0.5, 0.6) is 0 Å². The fourth-order valence-electron chi connectivity index (χ4n) is 1.49. The van der Waals surface area contributed by atoms with E-state index in [9.17, 15) is 9.18 Å². The van der Waals surface area contributed by atoms with Crippen molar-refractivity contribution in [2.75, 3.05) is 0 Å². The maximum absolute atomic E-state index is 13.6. The largest absolute Gasteiger partial charge is 0.275 e. The van der Waals surface area contributed by atoms with Crippen molar-refractivity contribution in [3.63, 3.8) is 0 Å². The first kappa shape index (κ1) is 11.7. The van der Waals surface area contributed by atoms with Gasteiger partial charge in [0.25, 0.3) is 5.24 Å². The molecular weight excluding hydrogens is 245 g/mol. The Morgan fingerprint density at radius 2 is 2.18 bits per heavy atom. The first-order valence-corrected chi connectivity index (χ1v) is 5.24. The van der Waals surface area contributed by atoms with Crippen LogP contribution in [0.3, 0.4) is 0 Å². The molecule has 1 heterocycles. The lowest BCUT2D eigenvalue weighted by Gasteiger charge is -2.01. The molecule has 0 aliphatic carbocycles. The number of carbonyl (C=O) groups excluding carboxylic acids is 1. The van der Waals surface area contributed by atoms with E-state index in [2.05, 4.69) is 10.3 Å². The topological polar surface area (TPSA) is 47.8 Å². The molecule has 0 saturated carbocycles. The van der Waals surface area contributed by atoms with E-state index in [0.717, 1.165) is 5.69 Å². The zero-order valence-electron chi connectivity index (χ0n) is 9.24. The predicted molar refractivity (Wildman–Crippen MR) is 61.3 cm³/mol. The molecule has 0 radical (unpaired) electrons. The molecule has 0 bridgehead atoms. The number of hydrogen-bond donors (Lipinski definition) is 0. The van der Waals surface area contributed by atoms with Crippen molar-refractivity contribution >= 4 is 16.8 Å². The average molecular weight is 254 g/mol. The van der Waals surface area contributed by atoms with Gasteiger partial charge in [-0.1, -0.05) is 11.3 Å². The highest BCUT2D eigenvalue weighted by Crippen LogP contribution is 2.23. The van der Waals surface area contributed by atoms with Gasteiger partial charge in [-0.2, -0.15) is 0 Å². The van der Waals surface area contributed by atoms with Crippen LogP contribution in [0.15, 0.2) is 18.2 Å². The number of halogens is 2. The number of aryl methyl sites for hydroxylation is 1. The first-order valence-electron chi connectivity index (χ1n) is 4.86. The summed E-state index contributed by atoms with van der Waals surface area (Å²) in [5, 5.41) is 6.95. The average Bonchev–Trinajstić information content (AvgIpc) is 2.59. The van der Waals surface area contributed by atoms with Crippen LogP contribution in [0, 0.1) is 12.7 Å².